The van der Waals surface area contributed by atoms with Gasteiger partial charge in [0.15, 0.2) is 5.65 Å². The number of aryl methyl sites for hydroxylation is 1. The lowest BCUT2D eigenvalue weighted by atomic mass is 10.1. The molecule has 0 saturated heterocycles. The van der Waals surface area contributed by atoms with Crippen molar-refractivity contribution in [3.05, 3.63) is 29.7 Å². The molecule has 0 aromatic carbocycles. The van der Waals surface area contributed by atoms with Gasteiger partial charge >= 0.3 is 0 Å². The molecular formula is C12H17N5O. The number of hydrogen-bond acceptors (Lipinski definition) is 4. The first-order chi connectivity index (χ1) is 8.38. The fraction of sp³-hybridized carbons (Fsp3) is 0.417. The normalized spacial score (nSPS) is 11.9. The van der Waals surface area contributed by atoms with Gasteiger partial charge in [0.2, 0.25) is 5.91 Å². The minimum Gasteiger partial charge on any atom is -0.368 e. The molecule has 0 spiro atoms. The number of fused-ring (bicyclic) bond motifs is 1. The van der Waals surface area contributed by atoms with Crippen molar-refractivity contribution in [1.29, 1.82) is 0 Å². The Balaban J connectivity index is 2.15. The van der Waals surface area contributed by atoms with E-state index in [1.807, 2.05) is 19.2 Å². The van der Waals surface area contributed by atoms with Crippen LogP contribution in [0.5, 0.6) is 0 Å². The summed E-state index contributed by atoms with van der Waals surface area (Å²) < 4.78 is 1.73. The standard InChI is InChI=1S/C12H17N5O/c1-8-4-10-14-5-9(7-17(10)16-8)6-15-12(2,3)11(13)18/h4-5,7,15H,6H2,1-3H3,(H2,13,18). The number of carbonyl (C=O) groups is 1. The van der Waals surface area contributed by atoms with Crippen LogP contribution in [0, 0.1) is 6.92 Å². The predicted octanol–water partition coefficient (Wildman–Crippen LogP) is 0.391. The molecule has 2 aromatic heterocycles. The van der Waals surface area contributed by atoms with E-state index in [2.05, 4.69) is 15.4 Å². The third kappa shape index (κ3) is 2.48. The molecular weight excluding hydrogens is 230 g/mol. The van der Waals surface area contributed by atoms with E-state index in [1.165, 1.54) is 0 Å². The van der Waals surface area contributed by atoms with Crippen LogP contribution in [-0.4, -0.2) is 26.0 Å². The number of hydrogen-bond donors (Lipinski definition) is 2. The Hall–Kier alpha value is -1.95. The lowest BCUT2D eigenvalue weighted by molar-refractivity contribution is -0.123. The van der Waals surface area contributed by atoms with Crippen molar-refractivity contribution in [2.75, 3.05) is 0 Å². The Morgan fingerprint density at radius 1 is 1.56 bits per heavy atom. The van der Waals surface area contributed by atoms with Crippen molar-refractivity contribution < 1.29 is 4.79 Å². The van der Waals surface area contributed by atoms with Gasteiger partial charge in [-0.25, -0.2) is 9.50 Å². The summed E-state index contributed by atoms with van der Waals surface area (Å²) in [5.41, 5.74) is 7.23. The van der Waals surface area contributed by atoms with Crippen LogP contribution in [0.15, 0.2) is 18.5 Å². The summed E-state index contributed by atoms with van der Waals surface area (Å²) >= 11 is 0. The molecule has 0 saturated carbocycles. The zero-order valence-corrected chi connectivity index (χ0v) is 10.8. The number of amides is 1. The highest BCUT2D eigenvalue weighted by Gasteiger charge is 2.23. The average molecular weight is 247 g/mol. The van der Waals surface area contributed by atoms with Crippen molar-refractivity contribution in [3.63, 3.8) is 0 Å². The SMILES string of the molecule is Cc1cc2ncc(CNC(C)(C)C(N)=O)cn2n1. The van der Waals surface area contributed by atoms with E-state index in [-0.39, 0.29) is 5.91 Å². The van der Waals surface area contributed by atoms with Crippen molar-refractivity contribution >= 4 is 11.6 Å². The van der Waals surface area contributed by atoms with E-state index in [0.717, 1.165) is 16.9 Å². The Bertz CT molecular complexity index is 587. The van der Waals surface area contributed by atoms with E-state index in [1.54, 1.807) is 24.6 Å². The van der Waals surface area contributed by atoms with Gasteiger partial charge in [-0.1, -0.05) is 0 Å². The zero-order valence-electron chi connectivity index (χ0n) is 10.8. The van der Waals surface area contributed by atoms with Crippen molar-refractivity contribution in [2.45, 2.75) is 32.9 Å². The first-order valence-corrected chi connectivity index (χ1v) is 5.74. The molecule has 96 valence electrons. The van der Waals surface area contributed by atoms with Crippen molar-refractivity contribution in [2.24, 2.45) is 5.73 Å². The summed E-state index contributed by atoms with van der Waals surface area (Å²) in [7, 11) is 0. The number of aromatic nitrogens is 3. The number of carbonyl (C=O) groups excluding carboxylic acids is 1. The highest BCUT2D eigenvalue weighted by molar-refractivity contribution is 5.83. The van der Waals surface area contributed by atoms with Gasteiger partial charge in [-0.15, -0.1) is 0 Å². The molecule has 1 amide bonds. The van der Waals surface area contributed by atoms with Crippen LogP contribution >= 0.6 is 0 Å². The molecule has 2 aromatic rings. The monoisotopic (exact) mass is 247 g/mol. The molecule has 0 atom stereocenters. The summed E-state index contributed by atoms with van der Waals surface area (Å²) in [5, 5.41) is 7.38. The van der Waals surface area contributed by atoms with Crippen LogP contribution < -0.4 is 11.1 Å². The second kappa shape index (κ2) is 4.38. The smallest absolute Gasteiger partial charge is 0.237 e. The maximum atomic E-state index is 11.2. The lowest BCUT2D eigenvalue weighted by Crippen LogP contribution is -2.50. The minimum absolute atomic E-state index is 0.383. The lowest BCUT2D eigenvalue weighted by Gasteiger charge is -2.22. The third-order valence-electron chi connectivity index (χ3n) is 2.84. The molecule has 0 fully saturated rings. The third-order valence-corrected chi connectivity index (χ3v) is 2.84. The summed E-state index contributed by atoms with van der Waals surface area (Å²) in [4.78, 5) is 15.5. The van der Waals surface area contributed by atoms with Crippen molar-refractivity contribution in [1.82, 2.24) is 19.9 Å². The van der Waals surface area contributed by atoms with Crippen LogP contribution in [0.1, 0.15) is 25.1 Å². The van der Waals surface area contributed by atoms with Gasteiger partial charge in [-0.05, 0) is 20.8 Å². The molecule has 6 nitrogen and oxygen atoms in total. The first-order valence-electron chi connectivity index (χ1n) is 5.74. The van der Waals surface area contributed by atoms with Gasteiger partial charge in [-0.3, -0.25) is 10.1 Å². The molecule has 0 radical (unpaired) electrons. The van der Waals surface area contributed by atoms with Crippen molar-refractivity contribution in [3.8, 4) is 0 Å². The van der Waals surface area contributed by atoms with Gasteiger partial charge in [0.1, 0.15) is 0 Å². The van der Waals surface area contributed by atoms with Gasteiger partial charge in [-0.2, -0.15) is 5.10 Å². The Morgan fingerprint density at radius 3 is 2.94 bits per heavy atom. The zero-order chi connectivity index (χ0) is 13.3. The first kappa shape index (κ1) is 12.5. The van der Waals surface area contributed by atoms with Crippen LogP contribution in [0.3, 0.4) is 0 Å². The van der Waals surface area contributed by atoms with Crippen LogP contribution in [-0.2, 0) is 11.3 Å². The Labute approximate surface area is 105 Å². The van der Waals surface area contributed by atoms with Gasteiger partial charge in [0, 0.05) is 30.6 Å². The fourth-order valence-electron chi connectivity index (χ4n) is 1.54. The largest absolute Gasteiger partial charge is 0.368 e. The minimum atomic E-state index is -0.741. The Kier molecular flexibility index (Phi) is 3.04. The maximum Gasteiger partial charge on any atom is 0.237 e. The quantitative estimate of drug-likeness (QED) is 0.818. The van der Waals surface area contributed by atoms with Crippen LogP contribution in [0.25, 0.3) is 5.65 Å². The molecule has 0 aliphatic rings. The summed E-state index contributed by atoms with van der Waals surface area (Å²) in [6, 6.07) is 1.91. The number of nitrogens with one attached hydrogen (secondary N) is 1. The molecule has 2 rings (SSSR count). The predicted molar refractivity (Wildman–Crippen MR) is 67.8 cm³/mol. The Morgan fingerprint density at radius 2 is 2.28 bits per heavy atom. The summed E-state index contributed by atoms with van der Waals surface area (Å²) in [5.74, 6) is -0.383. The van der Waals surface area contributed by atoms with E-state index in [0.29, 0.717) is 6.54 Å². The van der Waals surface area contributed by atoms with E-state index in [9.17, 15) is 4.79 Å². The molecule has 18 heavy (non-hydrogen) atoms. The van der Waals surface area contributed by atoms with Gasteiger partial charge < -0.3 is 5.73 Å². The fourth-order valence-corrected chi connectivity index (χ4v) is 1.54. The number of primary amides is 1. The average Bonchev–Trinajstić information content (AvgIpc) is 2.65. The molecule has 0 bridgehead atoms. The number of rotatable bonds is 4. The highest BCUT2D eigenvalue weighted by atomic mass is 16.1. The second-order valence-electron chi connectivity index (χ2n) is 4.89. The summed E-state index contributed by atoms with van der Waals surface area (Å²) in [6.07, 6.45) is 3.65. The molecule has 2 heterocycles. The molecule has 3 N–H and O–H groups in total. The molecule has 0 aliphatic heterocycles. The molecule has 0 aliphatic carbocycles. The van der Waals surface area contributed by atoms with E-state index in [4.69, 9.17) is 5.73 Å². The second-order valence-corrected chi connectivity index (χ2v) is 4.89. The molecule has 0 unspecified atom stereocenters. The number of nitrogens with zero attached hydrogens (tertiary/aromatic N) is 3. The van der Waals surface area contributed by atoms with Crippen LogP contribution in [0.4, 0.5) is 0 Å². The molecule has 6 heteroatoms. The van der Waals surface area contributed by atoms with E-state index >= 15 is 0 Å². The highest BCUT2D eigenvalue weighted by Crippen LogP contribution is 2.07. The van der Waals surface area contributed by atoms with Gasteiger partial charge in [0.25, 0.3) is 0 Å². The van der Waals surface area contributed by atoms with E-state index < -0.39 is 5.54 Å². The topological polar surface area (TPSA) is 85.3 Å². The maximum absolute atomic E-state index is 11.2. The van der Waals surface area contributed by atoms with Gasteiger partial charge in [0.05, 0.1) is 11.2 Å². The summed E-state index contributed by atoms with van der Waals surface area (Å²) in [6.45, 7) is 5.93. The number of nitrogens with two attached hydrogens (primary N) is 1. The van der Waals surface area contributed by atoms with Crippen LogP contribution in [0.2, 0.25) is 0 Å².